The van der Waals surface area contributed by atoms with E-state index < -0.39 is 10.0 Å². The average Bonchev–Trinajstić information content (AvgIpc) is 2.05. The van der Waals surface area contributed by atoms with Crippen molar-refractivity contribution in [2.75, 3.05) is 18.8 Å². The number of piperidine rings is 1. The predicted molar refractivity (Wildman–Crippen MR) is 49.4 cm³/mol. The van der Waals surface area contributed by atoms with Crippen LogP contribution in [0.4, 0.5) is 0 Å². The van der Waals surface area contributed by atoms with E-state index in [1.165, 1.54) is 0 Å². The molecule has 1 heterocycles. The van der Waals surface area contributed by atoms with Crippen molar-refractivity contribution in [1.29, 1.82) is 0 Å². The van der Waals surface area contributed by atoms with Gasteiger partial charge in [0.1, 0.15) is 0 Å². The lowest BCUT2D eigenvalue weighted by Gasteiger charge is -2.28. The Morgan fingerprint density at radius 3 is 2.25 bits per heavy atom. The fraction of sp³-hybridized carbons (Fsp3) is 1.00. The molecule has 4 heteroatoms. The minimum Gasteiger partial charge on any atom is -0.212 e. The van der Waals surface area contributed by atoms with E-state index in [-0.39, 0.29) is 5.75 Å². The quantitative estimate of drug-likeness (QED) is 0.654. The molecule has 0 aromatic heterocycles. The molecule has 0 spiro atoms. The third kappa shape index (κ3) is 2.20. The molecule has 1 fully saturated rings. The summed E-state index contributed by atoms with van der Waals surface area (Å²) in [4.78, 5) is 0. The van der Waals surface area contributed by atoms with Crippen molar-refractivity contribution >= 4 is 10.0 Å². The zero-order valence-electron chi connectivity index (χ0n) is 7.78. The highest BCUT2D eigenvalue weighted by Gasteiger charge is 2.24. The zero-order chi connectivity index (χ0) is 9.19. The Labute approximate surface area is 74.8 Å². The Kier molecular flexibility index (Phi) is 3.12. The largest absolute Gasteiger partial charge is 0.213 e. The van der Waals surface area contributed by atoms with Gasteiger partial charge in [0.2, 0.25) is 10.0 Å². The van der Waals surface area contributed by atoms with Crippen LogP contribution in [-0.4, -0.2) is 31.6 Å². The van der Waals surface area contributed by atoms with Crippen molar-refractivity contribution in [3.63, 3.8) is 0 Å². The van der Waals surface area contributed by atoms with Crippen molar-refractivity contribution in [1.82, 2.24) is 4.31 Å². The Morgan fingerprint density at radius 2 is 1.83 bits per heavy atom. The van der Waals surface area contributed by atoms with Crippen LogP contribution in [0.25, 0.3) is 0 Å². The zero-order valence-corrected chi connectivity index (χ0v) is 8.60. The number of rotatable bonds is 2. The van der Waals surface area contributed by atoms with Crippen LogP contribution in [0.5, 0.6) is 0 Å². The number of hydrogen-bond acceptors (Lipinski definition) is 2. The fourth-order valence-electron chi connectivity index (χ4n) is 1.45. The number of hydrogen-bond donors (Lipinski definition) is 0. The van der Waals surface area contributed by atoms with Crippen molar-refractivity contribution < 1.29 is 8.42 Å². The first-order valence-electron chi connectivity index (χ1n) is 4.54. The summed E-state index contributed by atoms with van der Waals surface area (Å²) >= 11 is 0. The van der Waals surface area contributed by atoms with E-state index in [0.717, 1.165) is 25.9 Å². The van der Waals surface area contributed by atoms with Crippen molar-refractivity contribution in [2.24, 2.45) is 5.92 Å². The molecule has 0 radical (unpaired) electrons. The summed E-state index contributed by atoms with van der Waals surface area (Å²) in [6.07, 6.45) is 2.03. The van der Waals surface area contributed by atoms with Crippen LogP contribution in [-0.2, 0) is 10.0 Å². The molecule has 0 saturated carbocycles. The first-order chi connectivity index (χ1) is 5.56. The Bertz CT molecular complexity index is 227. The van der Waals surface area contributed by atoms with E-state index in [4.69, 9.17) is 0 Å². The molecule has 72 valence electrons. The summed E-state index contributed by atoms with van der Waals surface area (Å²) < 4.78 is 24.4. The van der Waals surface area contributed by atoms with Crippen molar-refractivity contribution in [3.8, 4) is 0 Å². The van der Waals surface area contributed by atoms with Gasteiger partial charge in [0.15, 0.2) is 0 Å². The van der Waals surface area contributed by atoms with E-state index >= 15 is 0 Å². The molecule has 0 aliphatic carbocycles. The van der Waals surface area contributed by atoms with Crippen LogP contribution in [0.2, 0.25) is 0 Å². The van der Waals surface area contributed by atoms with Crippen LogP contribution >= 0.6 is 0 Å². The van der Waals surface area contributed by atoms with E-state index in [1.54, 1.807) is 11.2 Å². The van der Waals surface area contributed by atoms with E-state index in [0.29, 0.717) is 5.92 Å². The van der Waals surface area contributed by atoms with E-state index in [9.17, 15) is 8.42 Å². The first kappa shape index (κ1) is 9.99. The standard InChI is InChI=1S/C8H17NO2S/c1-3-12(10,11)9-6-4-8(2)5-7-9/h8H,3-7H2,1-2H3. The molecular formula is C8H17NO2S. The van der Waals surface area contributed by atoms with Gasteiger partial charge in [0.25, 0.3) is 0 Å². The van der Waals surface area contributed by atoms with Crippen molar-refractivity contribution in [3.05, 3.63) is 0 Å². The Balaban J connectivity index is 2.56. The van der Waals surface area contributed by atoms with Gasteiger partial charge in [-0.15, -0.1) is 0 Å². The van der Waals surface area contributed by atoms with E-state index in [2.05, 4.69) is 6.92 Å². The number of nitrogens with zero attached hydrogens (tertiary/aromatic N) is 1. The summed E-state index contributed by atoms with van der Waals surface area (Å²) in [5.74, 6) is 0.926. The highest BCUT2D eigenvalue weighted by atomic mass is 32.2. The van der Waals surface area contributed by atoms with Crippen LogP contribution < -0.4 is 0 Å². The maximum absolute atomic E-state index is 11.4. The van der Waals surface area contributed by atoms with E-state index in [1.807, 2.05) is 0 Å². The second kappa shape index (κ2) is 3.75. The molecule has 1 rings (SSSR count). The minimum atomic E-state index is -2.91. The van der Waals surface area contributed by atoms with Crippen molar-refractivity contribution in [2.45, 2.75) is 26.7 Å². The lowest BCUT2D eigenvalue weighted by atomic mass is 10.0. The summed E-state index contributed by atoms with van der Waals surface area (Å²) in [5, 5.41) is 0. The molecule has 0 N–H and O–H groups in total. The molecule has 0 aromatic carbocycles. The second-order valence-electron chi connectivity index (χ2n) is 3.48. The molecule has 0 amide bonds. The summed E-state index contributed by atoms with van der Waals surface area (Å²) in [7, 11) is -2.91. The molecule has 0 unspecified atom stereocenters. The lowest BCUT2D eigenvalue weighted by Crippen LogP contribution is -2.38. The van der Waals surface area contributed by atoms with Gasteiger partial charge in [-0.2, -0.15) is 0 Å². The molecule has 0 aromatic rings. The third-order valence-electron chi connectivity index (χ3n) is 2.50. The molecular weight excluding hydrogens is 174 g/mol. The first-order valence-corrected chi connectivity index (χ1v) is 6.15. The van der Waals surface area contributed by atoms with Gasteiger partial charge in [-0.3, -0.25) is 0 Å². The van der Waals surface area contributed by atoms with Crippen LogP contribution in [0.15, 0.2) is 0 Å². The fourth-order valence-corrected chi connectivity index (χ4v) is 2.58. The van der Waals surface area contributed by atoms with Gasteiger partial charge in [0.05, 0.1) is 5.75 Å². The maximum Gasteiger partial charge on any atom is 0.213 e. The Morgan fingerprint density at radius 1 is 1.33 bits per heavy atom. The molecule has 0 bridgehead atoms. The van der Waals surface area contributed by atoms with Gasteiger partial charge < -0.3 is 0 Å². The maximum atomic E-state index is 11.4. The van der Waals surface area contributed by atoms with Gasteiger partial charge in [0, 0.05) is 13.1 Å². The summed E-state index contributed by atoms with van der Waals surface area (Å²) in [5.41, 5.74) is 0. The summed E-state index contributed by atoms with van der Waals surface area (Å²) in [6, 6.07) is 0. The predicted octanol–water partition coefficient (Wildman–Crippen LogP) is 1.07. The Hall–Kier alpha value is -0.0900. The molecule has 0 atom stereocenters. The normalized spacial score (nSPS) is 22.8. The number of sulfonamides is 1. The molecule has 12 heavy (non-hydrogen) atoms. The smallest absolute Gasteiger partial charge is 0.212 e. The van der Waals surface area contributed by atoms with Crippen LogP contribution in [0.1, 0.15) is 26.7 Å². The topological polar surface area (TPSA) is 37.4 Å². The van der Waals surface area contributed by atoms with Gasteiger partial charge >= 0.3 is 0 Å². The van der Waals surface area contributed by atoms with Gasteiger partial charge in [-0.25, -0.2) is 12.7 Å². The average molecular weight is 191 g/mol. The molecule has 3 nitrogen and oxygen atoms in total. The highest BCUT2D eigenvalue weighted by Crippen LogP contribution is 2.18. The van der Waals surface area contributed by atoms with Gasteiger partial charge in [-0.1, -0.05) is 6.92 Å². The molecule has 1 aliphatic heterocycles. The van der Waals surface area contributed by atoms with Crippen LogP contribution in [0, 0.1) is 5.92 Å². The highest BCUT2D eigenvalue weighted by molar-refractivity contribution is 7.89. The second-order valence-corrected chi connectivity index (χ2v) is 5.74. The van der Waals surface area contributed by atoms with Crippen LogP contribution in [0.3, 0.4) is 0 Å². The lowest BCUT2D eigenvalue weighted by molar-refractivity contribution is 0.288. The summed E-state index contributed by atoms with van der Waals surface area (Å²) in [6.45, 7) is 5.32. The van der Waals surface area contributed by atoms with Gasteiger partial charge in [-0.05, 0) is 25.7 Å². The molecule has 1 aliphatic rings. The SMILES string of the molecule is CCS(=O)(=O)N1CCC(C)CC1. The minimum absolute atomic E-state index is 0.237. The monoisotopic (exact) mass is 191 g/mol. The third-order valence-corrected chi connectivity index (χ3v) is 4.38. The molecule has 1 saturated heterocycles.